The highest BCUT2D eigenvalue weighted by Crippen LogP contribution is 2.38. The van der Waals surface area contributed by atoms with Crippen LogP contribution in [0.25, 0.3) is 0 Å². The average molecular weight is 604 g/mol. The Morgan fingerprint density at radius 3 is 2.39 bits per heavy atom. The molecule has 2 saturated carbocycles. The molecule has 2 aromatic carbocycles. The van der Waals surface area contributed by atoms with E-state index < -0.39 is 11.4 Å². The number of amides is 3. The molecule has 1 aromatic heterocycles. The van der Waals surface area contributed by atoms with Crippen molar-refractivity contribution in [3.8, 4) is 0 Å². The van der Waals surface area contributed by atoms with Crippen molar-refractivity contribution in [1.82, 2.24) is 14.8 Å². The Morgan fingerprint density at radius 1 is 1.07 bits per heavy atom. The van der Waals surface area contributed by atoms with E-state index in [1.165, 1.54) is 22.6 Å². The fraction of sp³-hybridized carbons (Fsp3) is 0.412. The van der Waals surface area contributed by atoms with Crippen LogP contribution in [0.15, 0.2) is 47.3 Å². The number of benzene rings is 2. The highest BCUT2D eigenvalue weighted by molar-refractivity contribution is 6.09. The first kappa shape index (κ1) is 32.4. The van der Waals surface area contributed by atoms with Crippen molar-refractivity contribution < 1.29 is 18.8 Å². The first-order valence-corrected chi connectivity index (χ1v) is 15.3. The molecule has 0 spiro atoms. The van der Waals surface area contributed by atoms with Crippen LogP contribution >= 0.6 is 0 Å². The topological polar surface area (TPSA) is 104 Å². The Labute approximate surface area is 258 Å². The second-order valence-electron chi connectivity index (χ2n) is 11.3. The molecule has 2 aliphatic carbocycles. The van der Waals surface area contributed by atoms with Gasteiger partial charge in [0, 0.05) is 43.9 Å². The van der Waals surface area contributed by atoms with E-state index in [2.05, 4.69) is 10.6 Å². The lowest BCUT2D eigenvalue weighted by Crippen LogP contribution is -2.35. The number of hydrogen-bond donors (Lipinski definition) is 2. The summed E-state index contributed by atoms with van der Waals surface area (Å²) < 4.78 is 16.3. The number of pyridine rings is 1. The van der Waals surface area contributed by atoms with Gasteiger partial charge in [-0.1, -0.05) is 32.0 Å². The molecule has 5 rings (SSSR count). The van der Waals surface area contributed by atoms with E-state index in [0.717, 1.165) is 36.8 Å². The van der Waals surface area contributed by atoms with Gasteiger partial charge < -0.3 is 15.5 Å². The lowest BCUT2D eigenvalue weighted by molar-refractivity contribution is -0.121. The highest BCUT2D eigenvalue weighted by atomic mass is 19.1. The van der Waals surface area contributed by atoms with Gasteiger partial charge in [0.2, 0.25) is 12.3 Å². The van der Waals surface area contributed by atoms with Crippen molar-refractivity contribution in [3.05, 3.63) is 80.9 Å². The number of aromatic nitrogens is 1. The van der Waals surface area contributed by atoms with Gasteiger partial charge in [-0.2, -0.15) is 0 Å². The zero-order chi connectivity index (χ0) is 32.1. The fourth-order valence-electron chi connectivity index (χ4n) is 5.11. The Bertz CT molecular complexity index is 1610. The second-order valence-corrected chi connectivity index (χ2v) is 11.3. The number of nitrogens with zero attached hydrogens (tertiary/aromatic N) is 3. The molecular weight excluding hydrogens is 561 g/mol. The molecule has 1 heterocycles. The Hall–Kier alpha value is -4.47. The number of anilines is 4. The minimum atomic E-state index is -0.538. The molecule has 2 N–H and O–H groups in total. The zero-order valence-corrected chi connectivity index (χ0v) is 26.4. The largest absolute Gasteiger partial charge is 0.353 e. The number of aryl methyl sites for hydroxylation is 2. The molecule has 0 saturated heterocycles. The lowest BCUT2D eigenvalue weighted by Gasteiger charge is -2.28. The van der Waals surface area contributed by atoms with Crippen molar-refractivity contribution in [2.45, 2.75) is 78.3 Å². The van der Waals surface area contributed by atoms with Gasteiger partial charge in [0.1, 0.15) is 17.2 Å². The molecule has 10 heteroatoms. The van der Waals surface area contributed by atoms with Crippen molar-refractivity contribution in [1.29, 1.82) is 0 Å². The van der Waals surface area contributed by atoms with Crippen LogP contribution in [0.1, 0.15) is 73.0 Å². The van der Waals surface area contributed by atoms with Crippen LogP contribution in [-0.2, 0) is 23.1 Å². The molecular formula is C34H42FN5O4. The standard InChI is InChI=1S/C32H36FN5O4.C2H6/c1-19-8-14-26(25(33)16-19)35-30-28(32(42)36(3)23-12-13-23)29(20(2)31(41)37(30)4)38(18-39)24-7-5-6-21(17-24)9-15-27(40)34-22-10-11-22;1-2/h5-8,14,16-18,22-23,35H,9-13,15H2,1-4H3,(H,34,40);1-2H3. The molecule has 9 nitrogen and oxygen atoms in total. The van der Waals surface area contributed by atoms with Crippen LogP contribution in [-0.4, -0.2) is 46.8 Å². The normalized spacial score (nSPS) is 13.8. The molecule has 44 heavy (non-hydrogen) atoms. The second kappa shape index (κ2) is 13.9. The minimum Gasteiger partial charge on any atom is -0.353 e. The van der Waals surface area contributed by atoms with E-state index in [1.54, 1.807) is 56.1 Å². The van der Waals surface area contributed by atoms with Gasteiger partial charge in [-0.3, -0.25) is 28.6 Å². The summed E-state index contributed by atoms with van der Waals surface area (Å²) in [5.41, 5.74) is 2.06. The van der Waals surface area contributed by atoms with Crippen molar-refractivity contribution in [2.24, 2.45) is 7.05 Å². The summed E-state index contributed by atoms with van der Waals surface area (Å²) in [6.45, 7) is 7.34. The lowest BCUT2D eigenvalue weighted by atomic mass is 10.0. The molecule has 234 valence electrons. The molecule has 0 unspecified atom stereocenters. The van der Waals surface area contributed by atoms with E-state index in [4.69, 9.17) is 0 Å². The summed E-state index contributed by atoms with van der Waals surface area (Å²) >= 11 is 0. The third-order valence-corrected chi connectivity index (χ3v) is 7.91. The van der Waals surface area contributed by atoms with Crippen LogP contribution in [0.3, 0.4) is 0 Å². The summed E-state index contributed by atoms with van der Waals surface area (Å²) in [6.07, 6.45) is 5.07. The van der Waals surface area contributed by atoms with Gasteiger partial charge in [-0.05, 0) is 81.3 Å². The fourth-order valence-corrected chi connectivity index (χ4v) is 5.11. The smallest absolute Gasteiger partial charge is 0.259 e. The quantitative estimate of drug-likeness (QED) is 0.276. The molecule has 2 aliphatic rings. The van der Waals surface area contributed by atoms with Gasteiger partial charge in [0.05, 0.1) is 11.4 Å². The van der Waals surface area contributed by atoms with Gasteiger partial charge in [-0.25, -0.2) is 4.39 Å². The third kappa shape index (κ3) is 7.18. The number of halogens is 1. The summed E-state index contributed by atoms with van der Waals surface area (Å²) in [5, 5.41) is 5.97. The maximum absolute atomic E-state index is 15.0. The maximum Gasteiger partial charge on any atom is 0.259 e. The van der Waals surface area contributed by atoms with Crippen molar-refractivity contribution in [3.63, 3.8) is 0 Å². The number of hydrogen-bond acceptors (Lipinski definition) is 5. The molecule has 3 aromatic rings. The predicted octanol–water partition coefficient (Wildman–Crippen LogP) is 5.65. The molecule has 0 bridgehead atoms. The highest BCUT2D eigenvalue weighted by Gasteiger charge is 2.35. The average Bonchev–Trinajstić information content (AvgIpc) is 3.95. The predicted molar refractivity (Wildman–Crippen MR) is 171 cm³/mol. The number of carbonyl (C=O) groups is 3. The summed E-state index contributed by atoms with van der Waals surface area (Å²) in [5.74, 6) is -0.863. The Balaban J connectivity index is 0.00000216. The van der Waals surface area contributed by atoms with Gasteiger partial charge in [0.15, 0.2) is 0 Å². The van der Waals surface area contributed by atoms with Crippen LogP contribution in [0, 0.1) is 19.7 Å². The Kier molecular flexibility index (Phi) is 10.2. The molecule has 0 atom stereocenters. The summed E-state index contributed by atoms with van der Waals surface area (Å²) in [6, 6.07) is 12.1. The van der Waals surface area contributed by atoms with Crippen molar-refractivity contribution >= 4 is 41.1 Å². The molecule has 3 amide bonds. The van der Waals surface area contributed by atoms with E-state index >= 15 is 0 Å². The van der Waals surface area contributed by atoms with E-state index in [9.17, 15) is 23.6 Å². The number of nitrogens with one attached hydrogen (secondary N) is 2. The van der Waals surface area contributed by atoms with Gasteiger partial charge in [0.25, 0.3) is 11.5 Å². The Morgan fingerprint density at radius 2 is 1.77 bits per heavy atom. The van der Waals surface area contributed by atoms with Crippen LogP contribution < -0.4 is 21.1 Å². The van der Waals surface area contributed by atoms with Crippen LogP contribution in [0.4, 0.5) is 27.3 Å². The molecule has 0 radical (unpaired) electrons. The SMILES string of the molecule is CC.Cc1ccc(Nc2c(C(=O)N(C)C3CC3)c(N(C=O)c3cccc(CCC(=O)NC4CC4)c3)c(C)c(=O)n2C)c(F)c1. The van der Waals surface area contributed by atoms with E-state index in [0.29, 0.717) is 24.9 Å². The summed E-state index contributed by atoms with van der Waals surface area (Å²) in [7, 11) is 3.21. The van der Waals surface area contributed by atoms with Crippen molar-refractivity contribution in [2.75, 3.05) is 17.3 Å². The van der Waals surface area contributed by atoms with Crippen LogP contribution in [0.5, 0.6) is 0 Å². The number of rotatable bonds is 11. The number of carbonyl (C=O) groups excluding carboxylic acids is 3. The zero-order valence-electron chi connectivity index (χ0n) is 26.4. The third-order valence-electron chi connectivity index (χ3n) is 7.91. The monoisotopic (exact) mass is 603 g/mol. The minimum absolute atomic E-state index is 0.0207. The van der Waals surface area contributed by atoms with E-state index in [-0.39, 0.29) is 52.2 Å². The maximum atomic E-state index is 15.0. The van der Waals surface area contributed by atoms with Gasteiger partial charge in [-0.15, -0.1) is 0 Å². The van der Waals surface area contributed by atoms with Crippen LogP contribution in [0.2, 0.25) is 0 Å². The molecule has 0 aliphatic heterocycles. The molecule has 2 fully saturated rings. The summed E-state index contributed by atoms with van der Waals surface area (Å²) in [4.78, 5) is 55.5. The first-order valence-electron chi connectivity index (χ1n) is 15.3. The first-order chi connectivity index (χ1) is 21.1. The van der Waals surface area contributed by atoms with E-state index in [1.807, 2.05) is 19.9 Å². The van der Waals surface area contributed by atoms with Gasteiger partial charge >= 0.3 is 0 Å².